The lowest BCUT2D eigenvalue weighted by molar-refractivity contribution is -0.384. The number of carbonyl (C=O) groups is 2. The van der Waals surface area contributed by atoms with Crippen LogP contribution in [0.25, 0.3) is 0 Å². The number of carbonyl (C=O) groups excluding carboxylic acids is 2. The monoisotopic (exact) mass is 436 g/mol. The van der Waals surface area contributed by atoms with Gasteiger partial charge in [-0.05, 0) is 55.2 Å². The normalized spacial score (nSPS) is 25.2. The zero-order chi connectivity index (χ0) is 21.8. The maximum atomic E-state index is 14.0. The van der Waals surface area contributed by atoms with Crippen molar-refractivity contribution in [2.24, 2.45) is 5.41 Å². The number of para-hydroxylation sites is 1. The molecule has 3 heterocycles. The molecule has 5 rings (SSSR count). The van der Waals surface area contributed by atoms with Crippen LogP contribution in [0.1, 0.15) is 24.8 Å². The molecule has 8 nitrogen and oxygen atoms in total. The van der Waals surface area contributed by atoms with Crippen molar-refractivity contribution in [2.45, 2.75) is 31.7 Å². The van der Waals surface area contributed by atoms with E-state index in [2.05, 4.69) is 10.2 Å². The first-order valence-corrected chi connectivity index (χ1v) is 10.6. The van der Waals surface area contributed by atoms with Gasteiger partial charge in [0.15, 0.2) is 10.5 Å². The van der Waals surface area contributed by atoms with Crippen molar-refractivity contribution in [3.05, 3.63) is 64.2 Å². The van der Waals surface area contributed by atoms with E-state index in [1.165, 1.54) is 17.0 Å². The number of thiocarbonyl (C=S) groups is 1. The lowest BCUT2D eigenvalue weighted by Gasteiger charge is -2.54. The van der Waals surface area contributed by atoms with E-state index in [0.29, 0.717) is 24.2 Å². The second kappa shape index (κ2) is 7.12. The number of hydrogen-bond donors (Lipinski definition) is 1. The van der Waals surface area contributed by atoms with Crippen LogP contribution in [-0.4, -0.2) is 34.4 Å². The Hall–Kier alpha value is -3.33. The van der Waals surface area contributed by atoms with Gasteiger partial charge in [-0.3, -0.25) is 24.6 Å². The summed E-state index contributed by atoms with van der Waals surface area (Å²) in [6.07, 6.45) is 2.62. The molecule has 2 aromatic rings. The molecule has 0 saturated carbocycles. The quantitative estimate of drug-likeness (QED) is 0.337. The van der Waals surface area contributed by atoms with Gasteiger partial charge in [0, 0.05) is 30.8 Å². The average Bonchev–Trinajstić information content (AvgIpc) is 2.78. The van der Waals surface area contributed by atoms with E-state index in [1.54, 1.807) is 30.3 Å². The zero-order valence-electron chi connectivity index (χ0n) is 16.6. The molecule has 2 saturated heterocycles. The third-order valence-corrected chi connectivity index (χ3v) is 6.84. The first-order chi connectivity index (χ1) is 14.9. The van der Waals surface area contributed by atoms with Crippen LogP contribution >= 0.6 is 12.2 Å². The number of nitro benzene ring substituents is 1. The maximum absolute atomic E-state index is 14.0. The number of anilines is 2. The zero-order valence-corrected chi connectivity index (χ0v) is 17.4. The van der Waals surface area contributed by atoms with Crippen LogP contribution in [0.5, 0.6) is 0 Å². The predicted octanol–water partition coefficient (Wildman–Crippen LogP) is 2.94. The minimum absolute atomic E-state index is 0.0523. The minimum Gasteiger partial charge on any atom is -0.367 e. The number of rotatable bonds is 2. The number of hydrogen-bond acceptors (Lipinski definition) is 6. The number of nitro groups is 1. The Morgan fingerprint density at radius 3 is 2.65 bits per heavy atom. The van der Waals surface area contributed by atoms with Crippen LogP contribution in [0, 0.1) is 15.5 Å². The van der Waals surface area contributed by atoms with E-state index in [9.17, 15) is 19.7 Å². The third-order valence-electron chi connectivity index (χ3n) is 6.55. The SMILES string of the molecule is O=C1NC(=S)N(c2ccccc2)C(=O)[C@@]12Cc1cc([N+](=O)[O-])ccc1N1CCCC[C@@H]12. The summed E-state index contributed by atoms with van der Waals surface area (Å²) >= 11 is 5.37. The smallest absolute Gasteiger partial charge is 0.269 e. The second-order valence-electron chi connectivity index (χ2n) is 8.16. The molecule has 9 heteroatoms. The van der Waals surface area contributed by atoms with Crippen LogP contribution in [0.15, 0.2) is 48.5 Å². The fraction of sp³-hybridized carbons (Fsp3) is 0.318. The largest absolute Gasteiger partial charge is 0.367 e. The Bertz CT molecular complexity index is 1120. The van der Waals surface area contributed by atoms with Gasteiger partial charge in [-0.15, -0.1) is 0 Å². The number of piperidine rings is 1. The molecular formula is C22H20N4O4S. The molecule has 1 N–H and O–H groups in total. The van der Waals surface area contributed by atoms with Gasteiger partial charge in [0.1, 0.15) is 0 Å². The summed E-state index contributed by atoms with van der Waals surface area (Å²) in [4.78, 5) is 41.9. The molecule has 0 radical (unpaired) electrons. The van der Waals surface area contributed by atoms with E-state index < -0.39 is 16.2 Å². The Labute approximate surface area is 184 Å². The molecule has 2 aromatic carbocycles. The van der Waals surface area contributed by atoms with Crippen LogP contribution in [0.4, 0.5) is 17.1 Å². The summed E-state index contributed by atoms with van der Waals surface area (Å²) < 4.78 is 0. The highest BCUT2D eigenvalue weighted by molar-refractivity contribution is 7.80. The summed E-state index contributed by atoms with van der Waals surface area (Å²) in [6, 6.07) is 13.4. The van der Waals surface area contributed by atoms with E-state index in [-0.39, 0.29) is 29.2 Å². The fourth-order valence-corrected chi connectivity index (χ4v) is 5.45. The van der Waals surface area contributed by atoms with Crippen molar-refractivity contribution in [1.82, 2.24) is 5.32 Å². The Kier molecular flexibility index (Phi) is 4.51. The number of fused-ring (bicyclic) bond motifs is 4. The fourth-order valence-electron chi connectivity index (χ4n) is 5.17. The van der Waals surface area contributed by atoms with Crippen molar-refractivity contribution in [2.75, 3.05) is 16.3 Å². The van der Waals surface area contributed by atoms with Crippen molar-refractivity contribution in [3.63, 3.8) is 0 Å². The molecule has 158 valence electrons. The average molecular weight is 436 g/mol. The van der Waals surface area contributed by atoms with Gasteiger partial charge in [0.05, 0.1) is 16.7 Å². The van der Waals surface area contributed by atoms with Gasteiger partial charge in [-0.1, -0.05) is 18.2 Å². The van der Waals surface area contributed by atoms with Crippen molar-refractivity contribution < 1.29 is 14.5 Å². The summed E-state index contributed by atoms with van der Waals surface area (Å²) in [5.74, 6) is -0.801. The lowest BCUT2D eigenvalue weighted by Crippen LogP contribution is -2.72. The molecule has 1 spiro atoms. The van der Waals surface area contributed by atoms with Crippen LogP contribution < -0.4 is 15.1 Å². The molecule has 2 atom stereocenters. The Balaban J connectivity index is 1.68. The lowest BCUT2D eigenvalue weighted by atomic mass is 9.66. The predicted molar refractivity (Wildman–Crippen MR) is 119 cm³/mol. The first kappa shape index (κ1) is 19.6. The summed E-state index contributed by atoms with van der Waals surface area (Å²) in [5, 5.41) is 14.2. The number of benzene rings is 2. The van der Waals surface area contributed by atoms with E-state index in [0.717, 1.165) is 18.5 Å². The standard InChI is InChI=1S/C22H20N4O4S/c27-19-22(20(28)25(21(31)23-19)15-6-2-1-3-7-15)13-14-12-16(26(29)30)9-10-17(14)24-11-5-4-8-18(22)24/h1-3,6-7,9-10,12,18H,4-5,8,11,13H2,(H,23,27,31)/t18-,22-/m1/s1. The van der Waals surface area contributed by atoms with Crippen LogP contribution in [0.3, 0.4) is 0 Å². The van der Waals surface area contributed by atoms with Crippen molar-refractivity contribution in [3.8, 4) is 0 Å². The van der Waals surface area contributed by atoms with Gasteiger partial charge in [0.25, 0.3) is 11.6 Å². The Morgan fingerprint density at radius 1 is 1.13 bits per heavy atom. The van der Waals surface area contributed by atoms with Gasteiger partial charge in [-0.2, -0.15) is 0 Å². The van der Waals surface area contributed by atoms with Crippen molar-refractivity contribution >= 4 is 46.2 Å². The summed E-state index contributed by atoms with van der Waals surface area (Å²) in [7, 11) is 0. The highest BCUT2D eigenvalue weighted by Crippen LogP contribution is 2.48. The number of non-ortho nitro benzene ring substituents is 1. The van der Waals surface area contributed by atoms with Crippen LogP contribution in [0.2, 0.25) is 0 Å². The molecule has 3 aliphatic rings. The van der Waals surface area contributed by atoms with Crippen LogP contribution in [-0.2, 0) is 16.0 Å². The van der Waals surface area contributed by atoms with Gasteiger partial charge < -0.3 is 10.2 Å². The molecule has 2 fully saturated rings. The topological polar surface area (TPSA) is 95.8 Å². The van der Waals surface area contributed by atoms with Gasteiger partial charge >= 0.3 is 0 Å². The molecule has 0 bridgehead atoms. The molecular weight excluding hydrogens is 416 g/mol. The number of amides is 2. The summed E-state index contributed by atoms with van der Waals surface area (Å²) in [6.45, 7) is 0.688. The molecule has 3 aliphatic heterocycles. The van der Waals surface area contributed by atoms with Gasteiger partial charge in [0.2, 0.25) is 5.91 Å². The third kappa shape index (κ3) is 2.83. The first-order valence-electron chi connectivity index (χ1n) is 10.2. The highest BCUT2D eigenvalue weighted by atomic mass is 32.1. The van der Waals surface area contributed by atoms with E-state index in [4.69, 9.17) is 12.2 Å². The van der Waals surface area contributed by atoms with E-state index >= 15 is 0 Å². The highest BCUT2D eigenvalue weighted by Gasteiger charge is 2.61. The summed E-state index contributed by atoms with van der Waals surface area (Å²) in [5.41, 5.74) is 0.631. The molecule has 0 aliphatic carbocycles. The molecule has 31 heavy (non-hydrogen) atoms. The minimum atomic E-state index is -1.40. The Morgan fingerprint density at radius 2 is 1.90 bits per heavy atom. The van der Waals surface area contributed by atoms with E-state index in [1.807, 2.05) is 6.07 Å². The molecule has 0 unspecified atom stereocenters. The number of nitrogens with zero attached hydrogens (tertiary/aromatic N) is 3. The maximum Gasteiger partial charge on any atom is 0.269 e. The molecule has 2 amide bonds. The van der Waals surface area contributed by atoms with Gasteiger partial charge in [-0.25, -0.2) is 0 Å². The van der Waals surface area contributed by atoms with Crippen molar-refractivity contribution in [1.29, 1.82) is 0 Å². The molecule has 0 aromatic heterocycles. The second-order valence-corrected chi connectivity index (χ2v) is 8.55. The number of nitrogens with one attached hydrogen (secondary N) is 1.